The van der Waals surface area contributed by atoms with Crippen molar-refractivity contribution in [3.63, 3.8) is 0 Å². The molecule has 0 bridgehead atoms. The molecule has 14 heavy (non-hydrogen) atoms. The summed E-state index contributed by atoms with van der Waals surface area (Å²) in [5.41, 5.74) is 2.48. The Bertz CT molecular complexity index is 433. The minimum atomic E-state index is -0.392. The molecule has 0 amide bonds. The second kappa shape index (κ2) is 3.93. The molecule has 70 valence electrons. The Morgan fingerprint density at radius 2 is 2.21 bits per heavy atom. The maximum atomic E-state index is 13.3. The van der Waals surface area contributed by atoms with E-state index in [0.29, 0.717) is 5.56 Å². The van der Waals surface area contributed by atoms with Crippen LogP contribution >= 0.6 is 0 Å². The van der Waals surface area contributed by atoms with Crippen LogP contribution < -0.4 is 0 Å². The van der Waals surface area contributed by atoms with E-state index in [1.54, 1.807) is 19.1 Å². The molecule has 0 spiro atoms. The van der Waals surface area contributed by atoms with E-state index in [-0.39, 0.29) is 5.56 Å². The molecule has 0 saturated carbocycles. The molecule has 1 heteroatoms. The Kier molecular flexibility index (Phi) is 2.89. The van der Waals surface area contributed by atoms with Crippen LogP contribution in [0.3, 0.4) is 0 Å². The zero-order valence-electron chi connectivity index (χ0n) is 8.10. The predicted molar refractivity (Wildman–Crippen MR) is 59.1 cm³/mol. The van der Waals surface area contributed by atoms with Crippen molar-refractivity contribution in [2.24, 2.45) is 0 Å². The van der Waals surface area contributed by atoms with E-state index in [9.17, 15) is 4.39 Å². The summed E-state index contributed by atoms with van der Waals surface area (Å²) in [4.78, 5) is 0. The average molecular weight is 186 g/mol. The van der Waals surface area contributed by atoms with Gasteiger partial charge in [0.1, 0.15) is 5.82 Å². The van der Waals surface area contributed by atoms with Crippen LogP contribution in [0.5, 0.6) is 0 Å². The first-order valence-electron chi connectivity index (χ1n) is 4.19. The minimum absolute atomic E-state index is 0.259. The zero-order chi connectivity index (χ0) is 10.7. The molecule has 0 fully saturated rings. The van der Waals surface area contributed by atoms with E-state index in [0.717, 1.165) is 11.1 Å². The summed E-state index contributed by atoms with van der Waals surface area (Å²) >= 11 is 0. The highest BCUT2D eigenvalue weighted by atomic mass is 19.1. The van der Waals surface area contributed by atoms with Gasteiger partial charge in [-0.2, -0.15) is 0 Å². The monoisotopic (exact) mass is 186 g/mol. The number of hydrogen-bond acceptors (Lipinski definition) is 0. The number of rotatable bonds is 2. The Morgan fingerprint density at radius 1 is 1.57 bits per heavy atom. The summed E-state index contributed by atoms with van der Waals surface area (Å²) in [6, 6.07) is 2.99. The van der Waals surface area contributed by atoms with Gasteiger partial charge in [-0.05, 0) is 24.1 Å². The van der Waals surface area contributed by atoms with Crippen molar-refractivity contribution in [1.29, 1.82) is 0 Å². The van der Waals surface area contributed by atoms with Gasteiger partial charge < -0.3 is 0 Å². The van der Waals surface area contributed by atoms with Gasteiger partial charge >= 0.3 is 0 Å². The van der Waals surface area contributed by atoms with E-state index >= 15 is 0 Å². The van der Waals surface area contributed by atoms with E-state index in [1.165, 1.54) is 6.07 Å². The third-order valence-corrected chi connectivity index (χ3v) is 1.98. The van der Waals surface area contributed by atoms with Gasteiger partial charge in [-0.25, -0.2) is 4.39 Å². The predicted octanol–water partition coefficient (Wildman–Crippen LogP) is 3.48. The number of benzene rings is 1. The van der Waals surface area contributed by atoms with E-state index < -0.39 is 5.82 Å². The van der Waals surface area contributed by atoms with E-state index in [4.69, 9.17) is 6.42 Å². The molecule has 1 aromatic rings. The Balaban J connectivity index is 3.62. The van der Waals surface area contributed by atoms with E-state index in [2.05, 4.69) is 19.1 Å². The molecule has 0 radical (unpaired) electrons. The van der Waals surface area contributed by atoms with Crippen molar-refractivity contribution >= 4 is 11.6 Å². The summed E-state index contributed by atoms with van der Waals surface area (Å²) in [7, 11) is 0. The number of hydrogen-bond donors (Lipinski definition) is 0. The standard InChI is InChI=1S/C13H11F/c1-5-10-7-8-12(14)11(6-2)13(10)9(3)4/h2,5,7-8H,1,3H2,4H3. The fourth-order valence-electron chi connectivity index (χ4n) is 1.36. The molecular weight excluding hydrogens is 175 g/mol. The zero-order valence-corrected chi connectivity index (χ0v) is 8.10. The summed E-state index contributed by atoms with van der Waals surface area (Å²) < 4.78 is 13.3. The molecule has 0 atom stereocenters. The quantitative estimate of drug-likeness (QED) is 0.620. The maximum absolute atomic E-state index is 13.3. The molecule has 0 nitrogen and oxygen atoms in total. The largest absolute Gasteiger partial charge is 0.206 e. The third kappa shape index (κ3) is 1.60. The fraction of sp³-hybridized carbons (Fsp3) is 0.0769. The lowest BCUT2D eigenvalue weighted by atomic mass is 9.96. The highest BCUT2D eigenvalue weighted by molar-refractivity contribution is 5.76. The Labute approximate surface area is 83.8 Å². The first-order valence-corrected chi connectivity index (χ1v) is 4.19. The van der Waals surface area contributed by atoms with Crippen LogP contribution in [0.2, 0.25) is 0 Å². The van der Waals surface area contributed by atoms with Gasteiger partial charge in [0, 0.05) is 5.56 Å². The Hall–Kier alpha value is -1.81. The lowest BCUT2D eigenvalue weighted by Gasteiger charge is -2.09. The molecule has 0 aliphatic heterocycles. The number of allylic oxidation sites excluding steroid dienone is 1. The van der Waals surface area contributed by atoms with Crippen LogP contribution in [0, 0.1) is 18.2 Å². The first kappa shape index (κ1) is 10.3. The van der Waals surface area contributed by atoms with Crippen molar-refractivity contribution in [2.75, 3.05) is 0 Å². The molecule has 0 aromatic heterocycles. The SMILES string of the molecule is C#Cc1c(F)ccc(C=C)c1C(=C)C. The normalized spacial score (nSPS) is 9.21. The van der Waals surface area contributed by atoms with Crippen LogP contribution in [-0.4, -0.2) is 0 Å². The average Bonchev–Trinajstić information content (AvgIpc) is 2.17. The van der Waals surface area contributed by atoms with Crippen LogP contribution in [-0.2, 0) is 0 Å². The molecule has 0 aliphatic rings. The van der Waals surface area contributed by atoms with Gasteiger partial charge in [0.15, 0.2) is 0 Å². The fourth-order valence-corrected chi connectivity index (χ4v) is 1.36. The van der Waals surface area contributed by atoms with Crippen molar-refractivity contribution in [2.45, 2.75) is 6.92 Å². The van der Waals surface area contributed by atoms with Gasteiger partial charge in [0.2, 0.25) is 0 Å². The molecule has 0 aliphatic carbocycles. The van der Waals surface area contributed by atoms with Crippen LogP contribution in [0.4, 0.5) is 4.39 Å². The van der Waals surface area contributed by atoms with Gasteiger partial charge in [-0.15, -0.1) is 6.42 Å². The van der Waals surface area contributed by atoms with Crippen LogP contribution in [0.15, 0.2) is 25.3 Å². The van der Waals surface area contributed by atoms with Gasteiger partial charge in [0.05, 0.1) is 5.56 Å². The summed E-state index contributed by atoms with van der Waals surface area (Å²) in [5, 5.41) is 0. The molecular formula is C13H11F. The molecule has 0 unspecified atom stereocenters. The van der Waals surface area contributed by atoms with Crippen LogP contribution in [0.1, 0.15) is 23.6 Å². The van der Waals surface area contributed by atoms with Crippen LogP contribution in [0.25, 0.3) is 11.6 Å². The maximum Gasteiger partial charge on any atom is 0.139 e. The molecule has 1 rings (SSSR count). The molecule has 0 saturated heterocycles. The number of halogens is 1. The third-order valence-electron chi connectivity index (χ3n) is 1.98. The second-order valence-corrected chi connectivity index (χ2v) is 3.02. The van der Waals surface area contributed by atoms with Crippen molar-refractivity contribution < 1.29 is 4.39 Å². The molecule has 0 N–H and O–H groups in total. The first-order chi connectivity index (χ1) is 6.61. The summed E-state index contributed by atoms with van der Waals surface area (Å²) in [6.07, 6.45) is 6.89. The lowest BCUT2D eigenvalue weighted by molar-refractivity contribution is 0.623. The van der Waals surface area contributed by atoms with Crippen molar-refractivity contribution in [3.8, 4) is 12.3 Å². The Morgan fingerprint density at radius 3 is 2.64 bits per heavy atom. The smallest absolute Gasteiger partial charge is 0.139 e. The minimum Gasteiger partial charge on any atom is -0.206 e. The highest BCUT2D eigenvalue weighted by Crippen LogP contribution is 2.24. The molecule has 0 heterocycles. The highest BCUT2D eigenvalue weighted by Gasteiger charge is 2.10. The van der Waals surface area contributed by atoms with Gasteiger partial charge in [0.25, 0.3) is 0 Å². The van der Waals surface area contributed by atoms with Crippen molar-refractivity contribution in [3.05, 3.63) is 47.8 Å². The topological polar surface area (TPSA) is 0 Å². The molecule has 1 aromatic carbocycles. The van der Waals surface area contributed by atoms with Gasteiger partial charge in [-0.1, -0.05) is 31.2 Å². The summed E-state index contributed by atoms with van der Waals surface area (Å²) in [6.45, 7) is 9.21. The number of terminal acetylenes is 1. The summed E-state index contributed by atoms with van der Waals surface area (Å²) in [5.74, 6) is 1.94. The van der Waals surface area contributed by atoms with E-state index in [1.807, 2.05) is 0 Å². The second-order valence-electron chi connectivity index (χ2n) is 3.02. The van der Waals surface area contributed by atoms with Gasteiger partial charge in [-0.3, -0.25) is 0 Å². The van der Waals surface area contributed by atoms with Crippen molar-refractivity contribution in [1.82, 2.24) is 0 Å². The lowest BCUT2D eigenvalue weighted by Crippen LogP contribution is -1.94.